The normalized spacial score (nSPS) is 10.6. The number of nitrogens with zero attached hydrogens (tertiary/aromatic N) is 4. The zero-order chi connectivity index (χ0) is 23.6. The fraction of sp³-hybridized carbons (Fsp3) is 0.185. The largest absolute Gasteiger partial charge is 0.452 e. The van der Waals surface area contributed by atoms with Crippen molar-refractivity contribution in [2.24, 2.45) is 0 Å². The maximum atomic E-state index is 13.0. The number of rotatable bonds is 10. The second kappa shape index (κ2) is 11.6. The molecule has 0 saturated carbocycles. The number of carbonyl (C=O) groups excluding carboxylic acids is 2. The number of hydrogen-bond donors (Lipinski definition) is 0. The topological polar surface area (TPSA) is 77.3 Å². The molecule has 4 aromatic rings. The van der Waals surface area contributed by atoms with Crippen molar-refractivity contribution < 1.29 is 14.3 Å². The van der Waals surface area contributed by atoms with Gasteiger partial charge in [0.15, 0.2) is 6.61 Å². The van der Waals surface area contributed by atoms with Gasteiger partial charge in [-0.25, -0.2) is 14.5 Å². The molecule has 3 aromatic carbocycles. The van der Waals surface area contributed by atoms with Crippen molar-refractivity contribution in [3.8, 4) is 0 Å². The van der Waals surface area contributed by atoms with Crippen LogP contribution in [0, 0.1) is 0 Å². The minimum atomic E-state index is -0.525. The minimum absolute atomic E-state index is 0.226. The lowest BCUT2D eigenvalue weighted by Crippen LogP contribution is -2.35. The zero-order valence-corrected chi connectivity index (χ0v) is 18.8. The Labute approximate surface area is 198 Å². The van der Waals surface area contributed by atoms with Crippen molar-refractivity contribution in [3.05, 3.63) is 120 Å². The minimum Gasteiger partial charge on any atom is -0.452 e. The van der Waals surface area contributed by atoms with Gasteiger partial charge in [0, 0.05) is 13.1 Å². The second-order valence-electron chi connectivity index (χ2n) is 7.90. The molecule has 0 bridgehead atoms. The average molecular weight is 455 g/mol. The molecule has 7 heteroatoms. The fourth-order valence-corrected chi connectivity index (χ4v) is 3.55. The van der Waals surface area contributed by atoms with E-state index in [0.29, 0.717) is 25.2 Å². The number of aromatic nitrogens is 3. The number of hydrogen-bond acceptors (Lipinski definition) is 5. The van der Waals surface area contributed by atoms with Crippen LogP contribution >= 0.6 is 0 Å². The molecule has 0 saturated heterocycles. The summed E-state index contributed by atoms with van der Waals surface area (Å²) in [6, 6.07) is 26.9. The first-order valence-corrected chi connectivity index (χ1v) is 11.1. The molecule has 7 nitrogen and oxygen atoms in total. The van der Waals surface area contributed by atoms with Gasteiger partial charge in [-0.3, -0.25) is 4.79 Å². The van der Waals surface area contributed by atoms with E-state index in [1.54, 1.807) is 28.0 Å². The highest BCUT2D eigenvalue weighted by molar-refractivity contribution is 5.91. The molecule has 0 radical (unpaired) electrons. The summed E-state index contributed by atoms with van der Waals surface area (Å²) >= 11 is 0. The van der Waals surface area contributed by atoms with Gasteiger partial charge in [0.1, 0.15) is 12.7 Å². The highest BCUT2D eigenvalue weighted by Crippen LogP contribution is 2.10. The third-order valence-corrected chi connectivity index (χ3v) is 5.41. The molecular weight excluding hydrogens is 428 g/mol. The van der Waals surface area contributed by atoms with E-state index in [0.717, 1.165) is 23.1 Å². The summed E-state index contributed by atoms with van der Waals surface area (Å²) in [7, 11) is 0. The molecule has 34 heavy (non-hydrogen) atoms. The van der Waals surface area contributed by atoms with E-state index in [2.05, 4.69) is 10.1 Å². The van der Waals surface area contributed by atoms with Crippen molar-refractivity contribution in [2.45, 2.75) is 19.5 Å². The lowest BCUT2D eigenvalue weighted by Gasteiger charge is -2.23. The van der Waals surface area contributed by atoms with Crippen LogP contribution in [-0.4, -0.2) is 44.7 Å². The van der Waals surface area contributed by atoms with Crippen LogP contribution in [0.5, 0.6) is 0 Å². The van der Waals surface area contributed by atoms with Crippen LogP contribution in [0.4, 0.5) is 0 Å². The maximum Gasteiger partial charge on any atom is 0.338 e. The Bertz CT molecular complexity index is 1180. The van der Waals surface area contributed by atoms with E-state index in [-0.39, 0.29) is 12.5 Å². The van der Waals surface area contributed by atoms with E-state index >= 15 is 0 Å². The summed E-state index contributed by atoms with van der Waals surface area (Å²) in [6.45, 7) is 1.25. The van der Waals surface area contributed by atoms with Gasteiger partial charge in [-0.2, -0.15) is 5.10 Å². The summed E-state index contributed by atoms with van der Waals surface area (Å²) in [6.07, 6.45) is 3.83. The molecule has 1 heterocycles. The molecule has 1 amide bonds. The first kappa shape index (κ1) is 22.9. The summed E-state index contributed by atoms with van der Waals surface area (Å²) < 4.78 is 7.05. The van der Waals surface area contributed by atoms with E-state index in [1.807, 2.05) is 72.8 Å². The molecule has 0 aliphatic rings. The zero-order valence-electron chi connectivity index (χ0n) is 18.8. The highest BCUT2D eigenvalue weighted by Gasteiger charge is 2.17. The van der Waals surface area contributed by atoms with Crippen LogP contribution < -0.4 is 0 Å². The van der Waals surface area contributed by atoms with Gasteiger partial charge >= 0.3 is 5.97 Å². The molecule has 4 rings (SSSR count). The average Bonchev–Trinajstić information content (AvgIpc) is 3.39. The summed E-state index contributed by atoms with van der Waals surface area (Å²) in [4.78, 5) is 31.1. The third-order valence-electron chi connectivity index (χ3n) is 5.41. The Balaban J connectivity index is 1.34. The molecular formula is C27H26N4O3. The van der Waals surface area contributed by atoms with E-state index < -0.39 is 5.97 Å². The van der Waals surface area contributed by atoms with E-state index in [9.17, 15) is 9.59 Å². The quantitative estimate of drug-likeness (QED) is 0.341. The van der Waals surface area contributed by atoms with Crippen LogP contribution in [0.2, 0.25) is 0 Å². The van der Waals surface area contributed by atoms with Crippen LogP contribution in [0.25, 0.3) is 0 Å². The molecule has 0 unspecified atom stereocenters. The number of benzene rings is 3. The monoisotopic (exact) mass is 454 g/mol. The van der Waals surface area contributed by atoms with Crippen LogP contribution in [0.1, 0.15) is 27.0 Å². The Morgan fingerprint density at radius 2 is 1.50 bits per heavy atom. The van der Waals surface area contributed by atoms with E-state index in [1.165, 1.54) is 6.33 Å². The van der Waals surface area contributed by atoms with E-state index in [4.69, 9.17) is 4.74 Å². The van der Waals surface area contributed by atoms with Crippen molar-refractivity contribution in [3.63, 3.8) is 0 Å². The fourth-order valence-electron chi connectivity index (χ4n) is 3.55. The third kappa shape index (κ3) is 6.62. The summed E-state index contributed by atoms with van der Waals surface area (Å²) in [5.74, 6) is -0.751. The predicted octanol–water partition coefficient (Wildman–Crippen LogP) is 3.75. The molecule has 0 atom stereocenters. The first-order chi connectivity index (χ1) is 16.7. The number of amides is 1. The Kier molecular flexibility index (Phi) is 7.79. The second-order valence-corrected chi connectivity index (χ2v) is 7.90. The number of esters is 1. The Morgan fingerprint density at radius 1 is 0.824 bits per heavy atom. The van der Waals surface area contributed by atoms with Gasteiger partial charge in [-0.15, -0.1) is 0 Å². The molecule has 0 N–H and O–H groups in total. The molecule has 0 spiro atoms. The maximum absolute atomic E-state index is 13.0. The Hall–Kier alpha value is -4.26. The lowest BCUT2D eigenvalue weighted by molar-refractivity contribution is -0.135. The molecule has 0 aliphatic carbocycles. The molecule has 172 valence electrons. The smallest absolute Gasteiger partial charge is 0.338 e. The van der Waals surface area contributed by atoms with Gasteiger partial charge in [0.05, 0.1) is 12.1 Å². The van der Waals surface area contributed by atoms with Crippen LogP contribution in [0.15, 0.2) is 97.6 Å². The van der Waals surface area contributed by atoms with Gasteiger partial charge in [0.25, 0.3) is 5.91 Å². The van der Waals surface area contributed by atoms with Crippen molar-refractivity contribution >= 4 is 11.9 Å². The van der Waals surface area contributed by atoms with Crippen LogP contribution in [-0.2, 0) is 29.0 Å². The standard InChI is InChI=1S/C27H26N4O3/c32-26(19-34-27(33)25-13-11-24(12-14-25)18-31-21-28-20-29-31)30(17-23-9-5-2-6-10-23)16-15-22-7-3-1-4-8-22/h1-14,20-21H,15-19H2. The Morgan fingerprint density at radius 3 is 2.15 bits per heavy atom. The van der Waals surface area contributed by atoms with Crippen molar-refractivity contribution in [1.82, 2.24) is 19.7 Å². The summed E-state index contributed by atoms with van der Waals surface area (Å²) in [5.41, 5.74) is 3.55. The summed E-state index contributed by atoms with van der Waals surface area (Å²) in [5, 5.41) is 4.07. The van der Waals surface area contributed by atoms with Gasteiger partial charge in [0.2, 0.25) is 0 Å². The van der Waals surface area contributed by atoms with Crippen molar-refractivity contribution in [1.29, 1.82) is 0 Å². The SMILES string of the molecule is O=C(OCC(=O)N(CCc1ccccc1)Cc1ccccc1)c1ccc(Cn2cncn2)cc1. The highest BCUT2D eigenvalue weighted by atomic mass is 16.5. The molecule has 0 fully saturated rings. The van der Waals surface area contributed by atoms with Crippen LogP contribution in [0.3, 0.4) is 0 Å². The first-order valence-electron chi connectivity index (χ1n) is 11.1. The van der Waals surface area contributed by atoms with Crippen molar-refractivity contribution in [2.75, 3.05) is 13.2 Å². The number of carbonyl (C=O) groups is 2. The van der Waals surface area contributed by atoms with Gasteiger partial charge in [-0.05, 0) is 35.2 Å². The molecule has 0 aliphatic heterocycles. The predicted molar refractivity (Wildman–Crippen MR) is 128 cm³/mol. The van der Waals surface area contributed by atoms with Gasteiger partial charge < -0.3 is 9.64 Å². The lowest BCUT2D eigenvalue weighted by atomic mass is 10.1. The van der Waals surface area contributed by atoms with Gasteiger partial charge in [-0.1, -0.05) is 72.8 Å². The molecule has 1 aromatic heterocycles. The number of ether oxygens (including phenoxy) is 1.